The van der Waals surface area contributed by atoms with E-state index >= 15 is 0 Å². The summed E-state index contributed by atoms with van der Waals surface area (Å²) in [7, 11) is 3.32. The second kappa shape index (κ2) is 17.9. The van der Waals surface area contributed by atoms with E-state index in [0.29, 0.717) is 23.9 Å². The first kappa shape index (κ1) is 36.2. The number of rotatable bonds is 6. The number of hydrogen-bond donors (Lipinski definition) is 0. The Labute approximate surface area is 250 Å². The smallest absolute Gasteiger partial charge is 0.231 e. The van der Waals surface area contributed by atoms with Crippen molar-refractivity contribution < 1.29 is 28.4 Å². The average Bonchev–Trinajstić information content (AvgIpc) is 3.74. The van der Waals surface area contributed by atoms with Crippen LogP contribution in [0, 0.1) is 5.92 Å². The second-order valence-corrected chi connectivity index (χ2v) is 9.05. The minimum atomic E-state index is -0.457. The third kappa shape index (κ3) is 7.54. The summed E-state index contributed by atoms with van der Waals surface area (Å²) in [4.78, 5) is 2.47. The topological polar surface area (TPSA) is 58.6 Å². The van der Waals surface area contributed by atoms with E-state index < -0.39 is 5.72 Å². The number of ether oxygens (including phenoxy) is 6. The molecule has 0 radical (unpaired) electrons. The van der Waals surface area contributed by atoms with Crippen LogP contribution in [-0.4, -0.2) is 51.3 Å². The standard InChI is InChI=1S/C26H33NO6.4C2H6/c1-6-30-25-22(28-4)11-17(12-23(25)29-5)24-16(2)26(3,27-9-7-8-10-27)33-19-14-21-20(13-18(19)24)31-15-32-21;4*1-2/h11-14,16,24H,6-10,15H2,1-5H3;4*1-2H3. The molecule has 0 bridgehead atoms. The van der Waals surface area contributed by atoms with Crippen molar-refractivity contribution >= 4 is 0 Å². The lowest BCUT2D eigenvalue weighted by atomic mass is 9.73. The van der Waals surface area contributed by atoms with Crippen molar-refractivity contribution in [3.05, 3.63) is 35.4 Å². The van der Waals surface area contributed by atoms with Crippen LogP contribution in [0.5, 0.6) is 34.5 Å². The third-order valence-electron chi connectivity index (χ3n) is 7.37. The fraction of sp³-hybridized carbons (Fsp3) is 0.647. The lowest BCUT2D eigenvalue weighted by Crippen LogP contribution is -2.57. The van der Waals surface area contributed by atoms with Crippen LogP contribution in [0.25, 0.3) is 0 Å². The molecule has 3 unspecified atom stereocenters. The first-order valence-electron chi connectivity index (χ1n) is 15.8. The Bertz CT molecular complexity index is 1010. The summed E-state index contributed by atoms with van der Waals surface area (Å²) in [5.41, 5.74) is 1.71. The zero-order chi connectivity index (χ0) is 31.2. The normalized spacial score (nSPS) is 21.5. The largest absolute Gasteiger partial charge is 0.493 e. The number of methoxy groups -OCH3 is 2. The zero-order valence-corrected chi connectivity index (χ0v) is 28.1. The molecule has 0 spiro atoms. The first-order chi connectivity index (χ1) is 20.0. The molecule has 1 saturated heterocycles. The average molecular weight is 576 g/mol. The highest BCUT2D eigenvalue weighted by molar-refractivity contribution is 5.60. The van der Waals surface area contributed by atoms with Crippen molar-refractivity contribution in [2.45, 2.75) is 101 Å². The van der Waals surface area contributed by atoms with Gasteiger partial charge in [0.1, 0.15) is 5.75 Å². The van der Waals surface area contributed by atoms with E-state index in [-0.39, 0.29) is 18.6 Å². The van der Waals surface area contributed by atoms with Crippen LogP contribution in [0.4, 0.5) is 0 Å². The van der Waals surface area contributed by atoms with Gasteiger partial charge in [0, 0.05) is 36.6 Å². The summed E-state index contributed by atoms with van der Waals surface area (Å²) in [6.45, 7) is 25.3. The van der Waals surface area contributed by atoms with Crippen LogP contribution in [0.3, 0.4) is 0 Å². The Morgan fingerprint density at radius 1 is 0.805 bits per heavy atom. The van der Waals surface area contributed by atoms with Crippen molar-refractivity contribution in [3.8, 4) is 34.5 Å². The minimum absolute atomic E-state index is 0.0346. The number of fused-ring (bicyclic) bond motifs is 2. The quantitative estimate of drug-likeness (QED) is 0.341. The lowest BCUT2D eigenvalue weighted by molar-refractivity contribution is -0.114. The highest BCUT2D eigenvalue weighted by atomic mass is 16.7. The molecule has 0 saturated carbocycles. The molecule has 5 rings (SSSR count). The maximum atomic E-state index is 6.77. The van der Waals surface area contributed by atoms with Gasteiger partial charge in [-0.15, -0.1) is 0 Å². The molecule has 0 aliphatic carbocycles. The van der Waals surface area contributed by atoms with Gasteiger partial charge in [-0.2, -0.15) is 0 Å². The van der Waals surface area contributed by atoms with Gasteiger partial charge in [-0.1, -0.05) is 62.3 Å². The van der Waals surface area contributed by atoms with E-state index in [1.807, 2.05) is 68.4 Å². The summed E-state index contributed by atoms with van der Waals surface area (Å²) in [6, 6.07) is 8.18. The lowest BCUT2D eigenvalue weighted by Gasteiger charge is -2.50. The summed E-state index contributed by atoms with van der Waals surface area (Å²) < 4.78 is 35.5. The summed E-state index contributed by atoms with van der Waals surface area (Å²) in [5.74, 6) is 4.45. The van der Waals surface area contributed by atoms with Crippen LogP contribution in [0.1, 0.15) is 106 Å². The molecule has 2 aromatic carbocycles. The van der Waals surface area contributed by atoms with E-state index in [1.54, 1.807) is 14.2 Å². The van der Waals surface area contributed by atoms with Gasteiger partial charge in [-0.25, -0.2) is 0 Å². The van der Waals surface area contributed by atoms with Crippen LogP contribution in [0.15, 0.2) is 24.3 Å². The highest BCUT2D eigenvalue weighted by Gasteiger charge is 2.50. The third-order valence-corrected chi connectivity index (χ3v) is 7.37. The van der Waals surface area contributed by atoms with E-state index in [1.165, 1.54) is 12.8 Å². The predicted octanol–water partition coefficient (Wildman–Crippen LogP) is 8.91. The molecule has 41 heavy (non-hydrogen) atoms. The van der Waals surface area contributed by atoms with Crippen LogP contribution >= 0.6 is 0 Å². The maximum absolute atomic E-state index is 6.77. The minimum Gasteiger partial charge on any atom is -0.493 e. The Morgan fingerprint density at radius 2 is 1.32 bits per heavy atom. The second-order valence-electron chi connectivity index (χ2n) is 9.05. The number of likely N-dealkylation sites (tertiary alicyclic amines) is 1. The van der Waals surface area contributed by atoms with Crippen molar-refractivity contribution in [1.29, 1.82) is 0 Å². The van der Waals surface area contributed by atoms with Gasteiger partial charge in [-0.3, -0.25) is 4.90 Å². The maximum Gasteiger partial charge on any atom is 0.231 e. The van der Waals surface area contributed by atoms with Gasteiger partial charge in [0.15, 0.2) is 28.7 Å². The molecule has 1 fully saturated rings. The first-order valence-corrected chi connectivity index (χ1v) is 15.8. The molecular formula is C34H57NO6. The number of benzene rings is 2. The van der Waals surface area contributed by atoms with Gasteiger partial charge in [0.05, 0.1) is 20.8 Å². The summed E-state index contributed by atoms with van der Waals surface area (Å²) in [6.07, 6.45) is 2.38. The monoisotopic (exact) mass is 575 g/mol. The van der Waals surface area contributed by atoms with Gasteiger partial charge in [-0.05, 0) is 50.5 Å². The molecule has 3 atom stereocenters. The van der Waals surface area contributed by atoms with Gasteiger partial charge < -0.3 is 28.4 Å². The molecular weight excluding hydrogens is 518 g/mol. The van der Waals surface area contributed by atoms with Crippen LogP contribution in [-0.2, 0) is 0 Å². The Kier molecular flexibility index (Phi) is 15.8. The number of hydrogen-bond acceptors (Lipinski definition) is 7. The highest BCUT2D eigenvalue weighted by Crippen LogP contribution is 2.54. The Hall–Kier alpha value is -2.80. The van der Waals surface area contributed by atoms with Gasteiger partial charge >= 0.3 is 0 Å². The van der Waals surface area contributed by atoms with Crippen LogP contribution in [0.2, 0.25) is 0 Å². The van der Waals surface area contributed by atoms with E-state index in [0.717, 1.165) is 41.5 Å². The van der Waals surface area contributed by atoms with Gasteiger partial charge in [0.25, 0.3) is 0 Å². The van der Waals surface area contributed by atoms with E-state index in [4.69, 9.17) is 28.4 Å². The Morgan fingerprint density at radius 3 is 1.80 bits per heavy atom. The molecule has 3 aliphatic heterocycles. The SMILES string of the molecule is CC.CC.CC.CC.CCOc1c(OC)cc(C2c3cc4c(cc3OC(C)(N3CCCC3)C2C)OCO4)cc1OC. The Balaban J connectivity index is 0.000000969. The summed E-state index contributed by atoms with van der Waals surface area (Å²) in [5, 5.41) is 0. The van der Waals surface area contributed by atoms with E-state index in [2.05, 4.69) is 36.9 Å². The fourth-order valence-electron chi connectivity index (χ4n) is 5.51. The summed E-state index contributed by atoms with van der Waals surface area (Å²) >= 11 is 0. The molecule has 3 aliphatic rings. The van der Waals surface area contributed by atoms with Crippen molar-refractivity contribution in [2.24, 2.45) is 5.92 Å². The molecule has 7 heteroatoms. The number of nitrogens with zero attached hydrogens (tertiary/aromatic N) is 1. The van der Waals surface area contributed by atoms with Crippen molar-refractivity contribution in [1.82, 2.24) is 4.90 Å². The van der Waals surface area contributed by atoms with Crippen molar-refractivity contribution in [2.75, 3.05) is 40.7 Å². The molecule has 234 valence electrons. The van der Waals surface area contributed by atoms with Gasteiger partial charge in [0.2, 0.25) is 12.5 Å². The van der Waals surface area contributed by atoms with Crippen LogP contribution < -0.4 is 28.4 Å². The molecule has 7 nitrogen and oxygen atoms in total. The molecule has 0 amide bonds. The van der Waals surface area contributed by atoms with Crippen molar-refractivity contribution in [3.63, 3.8) is 0 Å². The molecule has 0 aromatic heterocycles. The molecule has 3 heterocycles. The fourth-order valence-corrected chi connectivity index (χ4v) is 5.51. The molecule has 2 aromatic rings. The predicted molar refractivity (Wildman–Crippen MR) is 170 cm³/mol. The zero-order valence-electron chi connectivity index (χ0n) is 28.1. The van der Waals surface area contributed by atoms with E-state index in [9.17, 15) is 0 Å². The molecule has 0 N–H and O–H groups in total.